The summed E-state index contributed by atoms with van der Waals surface area (Å²) in [5.74, 6) is -0.0868. The Bertz CT molecular complexity index is 871. The number of hydrogen-bond donors (Lipinski definition) is 2. The number of benzene rings is 2. The van der Waals surface area contributed by atoms with Crippen molar-refractivity contribution in [3.05, 3.63) is 65.5 Å². The fraction of sp³-hybridized carbons (Fsp3) is 0.222. The van der Waals surface area contributed by atoms with E-state index in [9.17, 15) is 9.90 Å². The van der Waals surface area contributed by atoms with Gasteiger partial charge in [-0.2, -0.15) is 0 Å². The van der Waals surface area contributed by atoms with Crippen LogP contribution >= 0.6 is 0 Å². The van der Waals surface area contributed by atoms with E-state index in [2.05, 4.69) is 16.0 Å². The molecule has 116 valence electrons. The van der Waals surface area contributed by atoms with Crippen LogP contribution in [0.4, 0.5) is 0 Å². The molecular weight excluding hydrogens is 290 g/mol. The Morgan fingerprint density at radius 3 is 3.00 bits per heavy atom. The molecule has 0 fully saturated rings. The van der Waals surface area contributed by atoms with Gasteiger partial charge in [0.2, 0.25) is 0 Å². The first-order chi connectivity index (χ1) is 11.3. The van der Waals surface area contributed by atoms with E-state index in [-0.39, 0.29) is 18.6 Å². The summed E-state index contributed by atoms with van der Waals surface area (Å²) < 4.78 is 0. The highest BCUT2D eigenvalue weighted by atomic mass is 16.3. The Balaban J connectivity index is 1.75. The lowest BCUT2D eigenvalue weighted by molar-refractivity contribution is 0.0570. The van der Waals surface area contributed by atoms with E-state index < -0.39 is 0 Å². The van der Waals surface area contributed by atoms with Crippen LogP contribution in [0, 0.1) is 0 Å². The number of nitrogens with one attached hydrogen (secondary N) is 1. The normalized spacial score (nSPS) is 17.3. The quantitative estimate of drug-likeness (QED) is 0.763. The highest BCUT2D eigenvalue weighted by Gasteiger charge is 2.31. The maximum absolute atomic E-state index is 13.1. The van der Waals surface area contributed by atoms with Gasteiger partial charge in [-0.25, -0.2) is 4.98 Å². The average Bonchev–Trinajstić information content (AvgIpc) is 3.08. The zero-order valence-electron chi connectivity index (χ0n) is 12.6. The topological polar surface area (TPSA) is 69.2 Å². The summed E-state index contributed by atoms with van der Waals surface area (Å²) in [6.07, 6.45) is 2.39. The second-order valence-electron chi connectivity index (χ2n) is 5.75. The van der Waals surface area contributed by atoms with Crippen LogP contribution in [0.3, 0.4) is 0 Å². The van der Waals surface area contributed by atoms with Gasteiger partial charge < -0.3 is 15.0 Å². The monoisotopic (exact) mass is 307 g/mol. The third kappa shape index (κ3) is 2.21. The van der Waals surface area contributed by atoms with Crippen LogP contribution in [0.15, 0.2) is 48.8 Å². The fourth-order valence-electron chi connectivity index (χ4n) is 3.38. The van der Waals surface area contributed by atoms with Gasteiger partial charge in [-0.15, -0.1) is 0 Å². The Morgan fingerprint density at radius 2 is 2.13 bits per heavy atom. The number of carbonyl (C=O) groups excluding carboxylic acids is 1. The van der Waals surface area contributed by atoms with E-state index in [0.29, 0.717) is 17.6 Å². The molecule has 1 aliphatic rings. The van der Waals surface area contributed by atoms with E-state index in [1.807, 2.05) is 30.3 Å². The maximum atomic E-state index is 13.1. The Kier molecular flexibility index (Phi) is 3.35. The minimum absolute atomic E-state index is 0.0840. The van der Waals surface area contributed by atoms with Gasteiger partial charge in [0.05, 0.1) is 30.1 Å². The van der Waals surface area contributed by atoms with Crippen molar-refractivity contribution in [2.24, 2.45) is 0 Å². The van der Waals surface area contributed by atoms with Gasteiger partial charge in [-0.05, 0) is 29.7 Å². The van der Waals surface area contributed by atoms with E-state index in [1.165, 1.54) is 5.56 Å². The van der Waals surface area contributed by atoms with Gasteiger partial charge in [0.1, 0.15) is 5.52 Å². The molecule has 0 radical (unpaired) electrons. The number of aromatic nitrogens is 2. The molecule has 0 spiro atoms. The van der Waals surface area contributed by atoms with Crippen molar-refractivity contribution in [3.63, 3.8) is 0 Å². The summed E-state index contributed by atoms with van der Waals surface area (Å²) in [6, 6.07) is 13.2. The van der Waals surface area contributed by atoms with Gasteiger partial charge in [-0.3, -0.25) is 4.79 Å². The van der Waals surface area contributed by atoms with Gasteiger partial charge in [0.25, 0.3) is 5.91 Å². The van der Waals surface area contributed by atoms with Crippen molar-refractivity contribution in [2.45, 2.75) is 12.5 Å². The lowest BCUT2D eigenvalue weighted by atomic mass is 9.92. The molecule has 5 heteroatoms. The lowest BCUT2D eigenvalue weighted by Crippen LogP contribution is -2.41. The molecule has 3 aromatic rings. The van der Waals surface area contributed by atoms with Gasteiger partial charge in [0.15, 0.2) is 0 Å². The zero-order chi connectivity index (χ0) is 15.8. The van der Waals surface area contributed by atoms with E-state index in [4.69, 9.17) is 0 Å². The largest absolute Gasteiger partial charge is 0.394 e. The van der Waals surface area contributed by atoms with Crippen molar-refractivity contribution >= 4 is 16.9 Å². The van der Waals surface area contributed by atoms with Gasteiger partial charge >= 0.3 is 0 Å². The molecule has 2 N–H and O–H groups in total. The molecule has 1 aromatic heterocycles. The van der Waals surface area contributed by atoms with Crippen LogP contribution in [0.1, 0.15) is 27.5 Å². The summed E-state index contributed by atoms with van der Waals surface area (Å²) in [6.45, 7) is 0.515. The Hall–Kier alpha value is -2.66. The molecule has 1 aliphatic heterocycles. The minimum atomic E-state index is -0.304. The van der Waals surface area contributed by atoms with Crippen LogP contribution in [0.2, 0.25) is 0 Å². The molecule has 5 nitrogen and oxygen atoms in total. The van der Waals surface area contributed by atoms with Crippen molar-refractivity contribution in [3.8, 4) is 0 Å². The predicted octanol–water partition coefficient (Wildman–Crippen LogP) is 2.29. The molecule has 2 aromatic carbocycles. The number of imidazole rings is 1. The minimum Gasteiger partial charge on any atom is -0.394 e. The molecular formula is C18H17N3O2. The Labute approximate surface area is 133 Å². The number of hydrogen-bond acceptors (Lipinski definition) is 3. The molecule has 0 bridgehead atoms. The van der Waals surface area contributed by atoms with Crippen molar-refractivity contribution in [1.82, 2.24) is 14.9 Å². The maximum Gasteiger partial charge on any atom is 0.256 e. The average molecular weight is 307 g/mol. The number of aliphatic hydroxyl groups is 1. The third-order valence-corrected chi connectivity index (χ3v) is 4.53. The summed E-state index contributed by atoms with van der Waals surface area (Å²) in [5, 5.41) is 9.86. The van der Waals surface area contributed by atoms with Crippen LogP contribution in [0.5, 0.6) is 0 Å². The molecule has 1 atom stereocenters. The highest BCUT2D eigenvalue weighted by Crippen LogP contribution is 2.31. The second-order valence-corrected chi connectivity index (χ2v) is 5.75. The summed E-state index contributed by atoms with van der Waals surface area (Å²) in [7, 11) is 0. The second kappa shape index (κ2) is 5.52. The number of aromatic amines is 1. The first-order valence-corrected chi connectivity index (χ1v) is 7.71. The van der Waals surface area contributed by atoms with Crippen LogP contribution in [0.25, 0.3) is 11.0 Å². The zero-order valence-corrected chi connectivity index (χ0v) is 12.6. The number of amides is 1. The number of fused-ring (bicyclic) bond motifs is 2. The smallest absolute Gasteiger partial charge is 0.256 e. The predicted molar refractivity (Wildman–Crippen MR) is 87.1 cm³/mol. The number of nitrogens with zero attached hydrogens (tertiary/aromatic N) is 2. The number of H-pyrrole nitrogens is 1. The van der Waals surface area contributed by atoms with Crippen molar-refractivity contribution in [2.75, 3.05) is 13.2 Å². The van der Waals surface area contributed by atoms with E-state index >= 15 is 0 Å². The number of para-hydroxylation sites is 1. The molecule has 0 aliphatic carbocycles. The highest BCUT2D eigenvalue weighted by molar-refractivity contribution is 6.05. The number of carbonyl (C=O) groups is 1. The van der Waals surface area contributed by atoms with Crippen LogP contribution in [-0.2, 0) is 6.42 Å². The lowest BCUT2D eigenvalue weighted by Gasteiger charge is -2.36. The summed E-state index contributed by atoms with van der Waals surface area (Å²) in [4.78, 5) is 22.1. The van der Waals surface area contributed by atoms with Gasteiger partial charge in [0, 0.05) is 6.54 Å². The SMILES string of the molecule is O=C(c1cccc2[nH]cnc12)N1CCc2ccccc2C1CO. The molecule has 1 unspecified atom stereocenters. The first-order valence-electron chi connectivity index (χ1n) is 7.71. The molecule has 1 amide bonds. The Morgan fingerprint density at radius 1 is 1.26 bits per heavy atom. The third-order valence-electron chi connectivity index (χ3n) is 4.53. The molecule has 23 heavy (non-hydrogen) atoms. The van der Waals surface area contributed by atoms with E-state index in [1.54, 1.807) is 17.3 Å². The van der Waals surface area contributed by atoms with Crippen molar-refractivity contribution < 1.29 is 9.90 Å². The fourth-order valence-corrected chi connectivity index (χ4v) is 3.38. The molecule has 4 rings (SSSR count). The van der Waals surface area contributed by atoms with Crippen molar-refractivity contribution in [1.29, 1.82) is 0 Å². The summed E-state index contributed by atoms with van der Waals surface area (Å²) >= 11 is 0. The molecule has 0 saturated carbocycles. The number of rotatable bonds is 2. The van der Waals surface area contributed by atoms with Crippen LogP contribution in [-0.4, -0.2) is 39.0 Å². The molecule has 2 heterocycles. The first kappa shape index (κ1) is 14.0. The van der Waals surface area contributed by atoms with Crippen LogP contribution < -0.4 is 0 Å². The number of aliphatic hydroxyl groups excluding tert-OH is 1. The standard InChI is InChI=1S/C18H17N3O2/c22-10-16-13-5-2-1-4-12(13)8-9-21(16)18(23)14-6-3-7-15-17(14)20-11-19-15/h1-7,11,16,22H,8-10H2,(H,19,20). The van der Waals surface area contributed by atoms with Gasteiger partial charge in [-0.1, -0.05) is 30.3 Å². The molecule has 0 saturated heterocycles. The summed E-state index contributed by atoms with van der Waals surface area (Å²) in [5.41, 5.74) is 4.32. The van der Waals surface area contributed by atoms with E-state index in [0.717, 1.165) is 17.5 Å².